The Bertz CT molecular complexity index is 1040. The largest absolute Gasteiger partial charge is 0.462 e. The van der Waals surface area contributed by atoms with Crippen molar-refractivity contribution >= 4 is 57.5 Å². The molecule has 0 saturated carbocycles. The second-order valence-corrected chi connectivity index (χ2v) is 8.29. The Morgan fingerprint density at radius 1 is 1.31 bits per heavy atom. The summed E-state index contributed by atoms with van der Waals surface area (Å²) in [5.74, 6) is -1.07. The fraction of sp³-hybridized carbons (Fsp3) is 0.286. The van der Waals surface area contributed by atoms with Crippen molar-refractivity contribution in [2.24, 2.45) is 0 Å². The maximum absolute atomic E-state index is 12.8. The SMILES string of the molecule is CCOC(=O)c1c(NC(=O)/C(C#N)=C/c2cccc(Cl)c2Cl)sc2c1CCCC2. The van der Waals surface area contributed by atoms with Crippen molar-refractivity contribution in [3.05, 3.63) is 55.4 Å². The minimum atomic E-state index is -0.618. The Balaban J connectivity index is 1.94. The van der Waals surface area contributed by atoms with E-state index in [1.54, 1.807) is 25.1 Å². The summed E-state index contributed by atoms with van der Waals surface area (Å²) in [6.07, 6.45) is 5.04. The molecule has 29 heavy (non-hydrogen) atoms. The lowest BCUT2D eigenvalue weighted by molar-refractivity contribution is -0.112. The lowest BCUT2D eigenvalue weighted by Crippen LogP contribution is -2.16. The number of halogens is 2. The van der Waals surface area contributed by atoms with Gasteiger partial charge in [0.1, 0.15) is 16.6 Å². The molecule has 0 fully saturated rings. The van der Waals surface area contributed by atoms with Crippen LogP contribution in [0.25, 0.3) is 6.08 Å². The van der Waals surface area contributed by atoms with Gasteiger partial charge in [-0.3, -0.25) is 4.79 Å². The quantitative estimate of drug-likeness (QED) is 0.363. The van der Waals surface area contributed by atoms with Crippen LogP contribution < -0.4 is 5.32 Å². The van der Waals surface area contributed by atoms with E-state index in [9.17, 15) is 14.9 Å². The summed E-state index contributed by atoms with van der Waals surface area (Å²) in [5, 5.41) is 13.2. The third-order valence-electron chi connectivity index (χ3n) is 4.52. The minimum absolute atomic E-state index is 0.143. The van der Waals surface area contributed by atoms with Gasteiger partial charge in [-0.05, 0) is 55.9 Å². The number of hydrogen-bond acceptors (Lipinski definition) is 5. The topological polar surface area (TPSA) is 79.2 Å². The molecule has 0 saturated heterocycles. The molecule has 0 bridgehead atoms. The molecule has 150 valence electrons. The zero-order valence-electron chi connectivity index (χ0n) is 15.7. The third kappa shape index (κ3) is 4.64. The van der Waals surface area contributed by atoms with E-state index in [2.05, 4.69) is 5.32 Å². The lowest BCUT2D eigenvalue weighted by atomic mass is 9.95. The van der Waals surface area contributed by atoms with Crippen LogP contribution in [0, 0.1) is 11.3 Å². The highest BCUT2D eigenvalue weighted by Gasteiger charge is 2.27. The minimum Gasteiger partial charge on any atom is -0.462 e. The van der Waals surface area contributed by atoms with Gasteiger partial charge in [-0.2, -0.15) is 5.26 Å². The van der Waals surface area contributed by atoms with Crippen molar-refractivity contribution in [2.75, 3.05) is 11.9 Å². The predicted molar refractivity (Wildman–Crippen MR) is 116 cm³/mol. The van der Waals surface area contributed by atoms with Crippen LogP contribution in [0.2, 0.25) is 10.0 Å². The van der Waals surface area contributed by atoms with E-state index < -0.39 is 11.9 Å². The van der Waals surface area contributed by atoms with Gasteiger partial charge >= 0.3 is 5.97 Å². The molecule has 8 heteroatoms. The predicted octanol–water partition coefficient (Wildman–Crippen LogP) is 5.66. The van der Waals surface area contributed by atoms with Crippen LogP contribution in [0.15, 0.2) is 23.8 Å². The Hall–Kier alpha value is -2.33. The van der Waals surface area contributed by atoms with Crippen molar-refractivity contribution in [2.45, 2.75) is 32.6 Å². The number of hydrogen-bond donors (Lipinski definition) is 1. The molecule has 3 rings (SSSR count). The van der Waals surface area contributed by atoms with Gasteiger partial charge in [0.15, 0.2) is 0 Å². The number of thiophene rings is 1. The highest BCUT2D eigenvalue weighted by Crippen LogP contribution is 2.39. The average Bonchev–Trinajstić information content (AvgIpc) is 3.07. The summed E-state index contributed by atoms with van der Waals surface area (Å²) < 4.78 is 5.19. The van der Waals surface area contributed by atoms with Crippen LogP contribution in [-0.2, 0) is 22.4 Å². The summed E-state index contributed by atoms with van der Waals surface area (Å²) in [7, 11) is 0. The first-order valence-corrected chi connectivity index (χ1v) is 10.7. The lowest BCUT2D eigenvalue weighted by Gasteiger charge is -2.12. The normalized spacial score (nSPS) is 13.4. The van der Waals surface area contributed by atoms with Gasteiger partial charge in [0.05, 0.1) is 22.2 Å². The van der Waals surface area contributed by atoms with Crippen LogP contribution in [0.1, 0.15) is 46.1 Å². The highest BCUT2D eigenvalue weighted by molar-refractivity contribution is 7.17. The molecule has 1 N–H and O–H groups in total. The van der Waals surface area contributed by atoms with Crippen molar-refractivity contribution in [3.8, 4) is 6.07 Å². The van der Waals surface area contributed by atoms with Gasteiger partial charge in [0, 0.05) is 4.88 Å². The first-order chi connectivity index (χ1) is 14.0. The number of nitriles is 1. The Labute approximate surface area is 182 Å². The summed E-state index contributed by atoms with van der Waals surface area (Å²) in [5.41, 5.74) is 1.66. The number of aryl methyl sites for hydroxylation is 1. The zero-order valence-corrected chi connectivity index (χ0v) is 18.0. The van der Waals surface area contributed by atoms with Gasteiger partial charge in [-0.15, -0.1) is 11.3 Å². The fourth-order valence-electron chi connectivity index (χ4n) is 3.18. The second kappa shape index (κ2) is 9.45. The number of amides is 1. The zero-order chi connectivity index (χ0) is 21.0. The molecule has 1 aromatic carbocycles. The molecule has 1 aromatic heterocycles. The molecule has 1 aliphatic rings. The number of esters is 1. The van der Waals surface area contributed by atoms with Gasteiger partial charge in [0.25, 0.3) is 5.91 Å². The number of rotatable bonds is 5. The highest BCUT2D eigenvalue weighted by atomic mass is 35.5. The number of benzene rings is 1. The smallest absolute Gasteiger partial charge is 0.341 e. The standard InChI is InChI=1S/C21H18Cl2N2O3S/c1-2-28-21(27)17-14-7-3-4-9-16(14)29-20(17)25-19(26)13(11-24)10-12-6-5-8-15(22)18(12)23/h5-6,8,10H,2-4,7,9H2,1H3,(H,25,26)/b13-10+. The van der Waals surface area contributed by atoms with Crippen LogP contribution in [0.3, 0.4) is 0 Å². The van der Waals surface area contributed by atoms with Gasteiger partial charge in [0.2, 0.25) is 0 Å². The first kappa shape index (κ1) is 21.4. The summed E-state index contributed by atoms with van der Waals surface area (Å²) >= 11 is 13.5. The van der Waals surface area contributed by atoms with E-state index in [-0.39, 0.29) is 17.2 Å². The Kier molecular flexibility index (Phi) is 6.96. The van der Waals surface area contributed by atoms with Crippen LogP contribution >= 0.6 is 34.5 Å². The second-order valence-electron chi connectivity index (χ2n) is 6.40. The molecular formula is C21H18Cl2N2O3S. The van der Waals surface area contributed by atoms with E-state index in [0.29, 0.717) is 21.2 Å². The van der Waals surface area contributed by atoms with Crippen LogP contribution in [0.4, 0.5) is 5.00 Å². The molecule has 5 nitrogen and oxygen atoms in total. The van der Waals surface area contributed by atoms with Crippen LogP contribution in [0.5, 0.6) is 0 Å². The van der Waals surface area contributed by atoms with E-state index in [4.69, 9.17) is 27.9 Å². The van der Waals surface area contributed by atoms with Crippen LogP contribution in [-0.4, -0.2) is 18.5 Å². The maximum atomic E-state index is 12.8. The molecule has 0 aliphatic heterocycles. The summed E-state index contributed by atoms with van der Waals surface area (Å²) in [6.45, 7) is 1.98. The van der Waals surface area contributed by atoms with E-state index in [0.717, 1.165) is 36.1 Å². The molecule has 1 amide bonds. The van der Waals surface area contributed by atoms with Gasteiger partial charge in [-0.25, -0.2) is 4.79 Å². The van der Waals surface area contributed by atoms with Crippen molar-refractivity contribution in [1.29, 1.82) is 5.26 Å². The van der Waals surface area contributed by atoms with Crippen molar-refractivity contribution in [1.82, 2.24) is 0 Å². The van der Waals surface area contributed by atoms with E-state index in [1.165, 1.54) is 17.4 Å². The number of ether oxygens (including phenoxy) is 1. The van der Waals surface area contributed by atoms with Gasteiger partial charge < -0.3 is 10.1 Å². The number of carbonyl (C=O) groups is 2. The fourth-order valence-corrected chi connectivity index (χ4v) is 4.81. The van der Waals surface area contributed by atoms with Gasteiger partial charge in [-0.1, -0.05) is 35.3 Å². The molecule has 2 aromatic rings. The average molecular weight is 449 g/mol. The number of nitrogens with zero attached hydrogens (tertiary/aromatic N) is 1. The monoisotopic (exact) mass is 448 g/mol. The Morgan fingerprint density at radius 2 is 2.07 bits per heavy atom. The number of carbonyl (C=O) groups excluding carboxylic acids is 2. The third-order valence-corrected chi connectivity index (χ3v) is 6.57. The first-order valence-electron chi connectivity index (χ1n) is 9.15. The molecule has 0 unspecified atom stereocenters. The Morgan fingerprint density at radius 3 is 2.79 bits per heavy atom. The molecule has 0 spiro atoms. The maximum Gasteiger partial charge on any atom is 0.341 e. The molecule has 1 heterocycles. The van der Waals surface area contributed by atoms with E-state index >= 15 is 0 Å². The molecule has 1 aliphatic carbocycles. The molecule has 0 atom stereocenters. The molecule has 0 radical (unpaired) electrons. The number of nitrogens with one attached hydrogen (secondary N) is 1. The van der Waals surface area contributed by atoms with E-state index in [1.807, 2.05) is 6.07 Å². The summed E-state index contributed by atoms with van der Waals surface area (Å²) in [6, 6.07) is 6.85. The number of anilines is 1. The van der Waals surface area contributed by atoms with Crippen molar-refractivity contribution in [3.63, 3.8) is 0 Å². The number of fused-ring (bicyclic) bond motifs is 1. The summed E-state index contributed by atoms with van der Waals surface area (Å²) in [4.78, 5) is 26.4. The molecular weight excluding hydrogens is 431 g/mol. The van der Waals surface area contributed by atoms with Crippen molar-refractivity contribution < 1.29 is 14.3 Å².